The van der Waals surface area contributed by atoms with Gasteiger partial charge in [0.2, 0.25) is 0 Å². The summed E-state index contributed by atoms with van der Waals surface area (Å²) in [5.41, 5.74) is -1.12. The first-order valence-electron chi connectivity index (χ1n) is 8.24. The molecule has 2 atom stereocenters. The van der Waals surface area contributed by atoms with E-state index in [2.05, 4.69) is 4.99 Å². The van der Waals surface area contributed by atoms with E-state index >= 15 is 0 Å². The fourth-order valence-electron chi connectivity index (χ4n) is 2.19. The van der Waals surface area contributed by atoms with E-state index in [9.17, 15) is 9.18 Å². The second-order valence-electron chi connectivity index (χ2n) is 7.18. The first kappa shape index (κ1) is 20.6. The summed E-state index contributed by atoms with van der Waals surface area (Å²) in [5.74, 6) is -0.515. The maximum Gasteiger partial charge on any atom is 0.334 e. The molecule has 0 spiro atoms. The van der Waals surface area contributed by atoms with Crippen molar-refractivity contribution in [1.82, 2.24) is 0 Å². The number of esters is 1. The number of nitrogens with zero attached hydrogens (tertiary/aromatic N) is 1. The Morgan fingerprint density at radius 3 is 2.38 bits per heavy atom. The van der Waals surface area contributed by atoms with E-state index in [1.165, 1.54) is 0 Å². The number of carbonyl (C=O) groups is 1. The predicted octanol–water partition coefficient (Wildman–Crippen LogP) is 5.39. The maximum absolute atomic E-state index is 14.2. The number of ether oxygens (including phenoxy) is 1. The third kappa shape index (κ3) is 7.00. The van der Waals surface area contributed by atoms with Gasteiger partial charge in [0.15, 0.2) is 5.54 Å². The van der Waals surface area contributed by atoms with Crippen LogP contribution in [0.1, 0.15) is 59.4 Å². The number of hydrogen-bond acceptors (Lipinski definition) is 3. The standard InChI is InChI=1S/C19H27ClFNO2/c1-6-7-16(21)12-19(5,17(23)24-18(2,3)4)22-13-14-8-10-15(20)11-9-14/h8-11,13,16H,6-7,12H2,1-5H3. The van der Waals surface area contributed by atoms with Crippen LogP contribution < -0.4 is 0 Å². The van der Waals surface area contributed by atoms with Crippen molar-refractivity contribution in [1.29, 1.82) is 0 Å². The monoisotopic (exact) mass is 355 g/mol. The fraction of sp³-hybridized carbons (Fsp3) is 0.579. The molecule has 1 aromatic rings. The third-order valence-electron chi connectivity index (χ3n) is 3.43. The van der Waals surface area contributed by atoms with Crippen LogP contribution in [0.4, 0.5) is 4.39 Å². The van der Waals surface area contributed by atoms with Gasteiger partial charge < -0.3 is 4.74 Å². The molecule has 0 aliphatic heterocycles. The zero-order valence-electron chi connectivity index (χ0n) is 15.1. The van der Waals surface area contributed by atoms with Gasteiger partial charge in [0.05, 0.1) is 0 Å². The first-order chi connectivity index (χ1) is 11.1. The molecule has 0 aliphatic carbocycles. The van der Waals surface area contributed by atoms with Crippen LogP contribution in [-0.4, -0.2) is 29.5 Å². The summed E-state index contributed by atoms with van der Waals surface area (Å²) in [4.78, 5) is 17.0. The normalized spacial score (nSPS) is 16.0. The number of rotatable bonds is 7. The Labute approximate surface area is 149 Å². The Morgan fingerprint density at radius 1 is 1.29 bits per heavy atom. The summed E-state index contributed by atoms with van der Waals surface area (Å²) in [6.07, 6.45) is 1.58. The average Bonchev–Trinajstić information content (AvgIpc) is 2.45. The van der Waals surface area contributed by atoms with Crippen LogP contribution in [0, 0.1) is 0 Å². The smallest absolute Gasteiger partial charge is 0.334 e. The second kappa shape index (κ2) is 8.61. The zero-order chi connectivity index (χ0) is 18.4. The van der Waals surface area contributed by atoms with E-state index < -0.39 is 23.3 Å². The summed E-state index contributed by atoms with van der Waals surface area (Å²) in [7, 11) is 0. The maximum atomic E-state index is 14.2. The molecule has 0 saturated carbocycles. The minimum Gasteiger partial charge on any atom is -0.458 e. The second-order valence-corrected chi connectivity index (χ2v) is 7.61. The van der Waals surface area contributed by atoms with Crippen molar-refractivity contribution in [2.24, 2.45) is 4.99 Å². The van der Waals surface area contributed by atoms with E-state index in [-0.39, 0.29) is 6.42 Å². The topological polar surface area (TPSA) is 38.7 Å². The number of halogens is 2. The number of benzene rings is 1. The molecular formula is C19H27ClFNO2. The molecule has 1 rings (SSSR count). The molecule has 0 aliphatic rings. The van der Waals surface area contributed by atoms with Gasteiger partial charge >= 0.3 is 5.97 Å². The molecule has 24 heavy (non-hydrogen) atoms. The van der Waals surface area contributed by atoms with E-state index in [4.69, 9.17) is 16.3 Å². The third-order valence-corrected chi connectivity index (χ3v) is 3.68. The predicted molar refractivity (Wildman–Crippen MR) is 97.7 cm³/mol. The molecule has 0 heterocycles. The summed E-state index contributed by atoms with van der Waals surface area (Å²) in [6, 6.07) is 7.06. The molecule has 2 unspecified atom stereocenters. The molecular weight excluding hydrogens is 329 g/mol. The molecule has 3 nitrogen and oxygen atoms in total. The van der Waals surface area contributed by atoms with Crippen molar-refractivity contribution in [2.45, 2.75) is 71.2 Å². The number of aliphatic imine (C=N–C) groups is 1. The van der Waals surface area contributed by atoms with Crippen LogP contribution in [0.2, 0.25) is 5.02 Å². The molecule has 1 aromatic carbocycles. The van der Waals surface area contributed by atoms with Gasteiger partial charge in [0, 0.05) is 17.7 Å². The van der Waals surface area contributed by atoms with Gasteiger partial charge in [-0.2, -0.15) is 0 Å². The van der Waals surface area contributed by atoms with E-state index in [1.54, 1.807) is 58.2 Å². The van der Waals surface area contributed by atoms with Crippen molar-refractivity contribution in [3.63, 3.8) is 0 Å². The lowest BCUT2D eigenvalue weighted by molar-refractivity contribution is -0.161. The fourth-order valence-corrected chi connectivity index (χ4v) is 2.32. The van der Waals surface area contributed by atoms with Crippen molar-refractivity contribution in [2.75, 3.05) is 0 Å². The summed E-state index contributed by atoms with van der Waals surface area (Å²) >= 11 is 5.86. The van der Waals surface area contributed by atoms with Crippen LogP contribution in [0.3, 0.4) is 0 Å². The highest BCUT2D eigenvalue weighted by molar-refractivity contribution is 6.30. The van der Waals surface area contributed by atoms with Gasteiger partial charge in [-0.05, 0) is 51.8 Å². The Morgan fingerprint density at radius 2 is 1.88 bits per heavy atom. The highest BCUT2D eigenvalue weighted by atomic mass is 35.5. The molecule has 0 saturated heterocycles. The zero-order valence-corrected chi connectivity index (χ0v) is 15.9. The lowest BCUT2D eigenvalue weighted by Crippen LogP contribution is -2.41. The minimum absolute atomic E-state index is 0.000156. The number of hydrogen-bond donors (Lipinski definition) is 0. The molecule has 134 valence electrons. The van der Waals surface area contributed by atoms with Crippen LogP contribution >= 0.6 is 11.6 Å². The Balaban J connectivity index is 3.02. The lowest BCUT2D eigenvalue weighted by Gasteiger charge is -2.29. The Bertz CT molecular complexity index is 566. The molecule has 5 heteroatoms. The highest BCUT2D eigenvalue weighted by Gasteiger charge is 2.38. The lowest BCUT2D eigenvalue weighted by atomic mass is 9.93. The SMILES string of the molecule is CCCC(F)CC(C)(N=Cc1ccc(Cl)cc1)C(=O)OC(C)(C)C. The molecule has 0 N–H and O–H groups in total. The van der Waals surface area contributed by atoms with Gasteiger partial charge in [0.1, 0.15) is 11.8 Å². The summed E-state index contributed by atoms with van der Waals surface area (Å²) in [6.45, 7) is 8.89. The highest BCUT2D eigenvalue weighted by Crippen LogP contribution is 2.26. The van der Waals surface area contributed by atoms with Crippen molar-refractivity contribution < 1.29 is 13.9 Å². The first-order valence-corrected chi connectivity index (χ1v) is 8.62. The van der Waals surface area contributed by atoms with Crippen LogP contribution in [0.15, 0.2) is 29.3 Å². The van der Waals surface area contributed by atoms with Crippen molar-refractivity contribution >= 4 is 23.8 Å². The van der Waals surface area contributed by atoms with E-state index in [0.29, 0.717) is 17.9 Å². The van der Waals surface area contributed by atoms with Gasteiger partial charge in [-0.25, -0.2) is 9.18 Å². The molecule has 0 fully saturated rings. The van der Waals surface area contributed by atoms with Gasteiger partial charge in [-0.15, -0.1) is 0 Å². The number of carbonyl (C=O) groups excluding carboxylic acids is 1. The van der Waals surface area contributed by atoms with Gasteiger partial charge in [0.25, 0.3) is 0 Å². The van der Waals surface area contributed by atoms with Crippen molar-refractivity contribution in [3.05, 3.63) is 34.9 Å². The van der Waals surface area contributed by atoms with Crippen LogP contribution in [0.25, 0.3) is 0 Å². The number of alkyl halides is 1. The molecule has 0 amide bonds. The molecule has 0 bridgehead atoms. The van der Waals surface area contributed by atoms with Gasteiger partial charge in [-0.1, -0.05) is 37.1 Å². The Hall–Kier alpha value is -1.42. The quantitative estimate of drug-likeness (QED) is 0.486. The van der Waals surface area contributed by atoms with Gasteiger partial charge in [-0.3, -0.25) is 4.99 Å². The molecule has 0 aromatic heterocycles. The summed E-state index contributed by atoms with van der Waals surface area (Å²) < 4.78 is 19.6. The average molecular weight is 356 g/mol. The largest absolute Gasteiger partial charge is 0.458 e. The van der Waals surface area contributed by atoms with E-state index in [0.717, 1.165) is 5.56 Å². The molecule has 0 radical (unpaired) electrons. The Kier molecular flexibility index (Phi) is 7.40. The van der Waals surface area contributed by atoms with Crippen LogP contribution in [0.5, 0.6) is 0 Å². The summed E-state index contributed by atoms with van der Waals surface area (Å²) in [5, 5.41) is 0.619. The van der Waals surface area contributed by atoms with Crippen LogP contribution in [-0.2, 0) is 9.53 Å². The minimum atomic E-state index is -1.26. The van der Waals surface area contributed by atoms with E-state index in [1.807, 2.05) is 6.92 Å². The van der Waals surface area contributed by atoms with Crippen molar-refractivity contribution in [3.8, 4) is 0 Å².